The SMILES string of the molecule is C[C@@H]1CC2(CCCCC2)COC1=O. The van der Waals surface area contributed by atoms with Gasteiger partial charge in [-0.15, -0.1) is 0 Å². The van der Waals surface area contributed by atoms with Crippen molar-refractivity contribution in [1.82, 2.24) is 0 Å². The highest BCUT2D eigenvalue weighted by molar-refractivity contribution is 5.72. The Balaban J connectivity index is 2.02. The molecule has 1 aliphatic carbocycles. The van der Waals surface area contributed by atoms with Crippen molar-refractivity contribution in [3.05, 3.63) is 0 Å². The molecule has 74 valence electrons. The number of esters is 1. The first-order valence-corrected chi connectivity index (χ1v) is 5.39. The molecule has 0 radical (unpaired) electrons. The van der Waals surface area contributed by atoms with Gasteiger partial charge in [-0.3, -0.25) is 4.79 Å². The van der Waals surface area contributed by atoms with E-state index in [4.69, 9.17) is 4.74 Å². The standard InChI is InChI=1S/C11H18O2/c1-9-7-11(8-13-10(9)12)5-3-2-4-6-11/h9H,2-8H2,1H3/t9-/m1/s1. The zero-order valence-corrected chi connectivity index (χ0v) is 8.34. The summed E-state index contributed by atoms with van der Waals surface area (Å²) in [6, 6.07) is 0. The Bertz CT molecular complexity index is 204. The van der Waals surface area contributed by atoms with Crippen molar-refractivity contribution in [1.29, 1.82) is 0 Å². The van der Waals surface area contributed by atoms with E-state index in [0.29, 0.717) is 12.0 Å². The molecule has 1 spiro atoms. The molecule has 0 aromatic rings. The molecule has 0 unspecified atom stereocenters. The topological polar surface area (TPSA) is 26.3 Å². The van der Waals surface area contributed by atoms with Gasteiger partial charge in [0.2, 0.25) is 0 Å². The molecule has 1 heterocycles. The lowest BCUT2D eigenvalue weighted by molar-refractivity contribution is -0.163. The summed E-state index contributed by atoms with van der Waals surface area (Å²) in [6.45, 7) is 2.69. The number of hydrogen-bond acceptors (Lipinski definition) is 2. The van der Waals surface area contributed by atoms with Crippen LogP contribution < -0.4 is 0 Å². The van der Waals surface area contributed by atoms with Crippen LogP contribution >= 0.6 is 0 Å². The second-order valence-corrected chi connectivity index (χ2v) is 4.77. The lowest BCUT2D eigenvalue weighted by Gasteiger charge is -2.41. The Morgan fingerprint density at radius 1 is 1.31 bits per heavy atom. The van der Waals surface area contributed by atoms with Gasteiger partial charge < -0.3 is 4.74 Å². The molecule has 1 saturated carbocycles. The van der Waals surface area contributed by atoms with Crippen molar-refractivity contribution >= 4 is 5.97 Å². The second-order valence-electron chi connectivity index (χ2n) is 4.77. The van der Waals surface area contributed by atoms with E-state index in [1.807, 2.05) is 6.92 Å². The molecular formula is C11H18O2. The fourth-order valence-electron chi connectivity index (χ4n) is 2.81. The van der Waals surface area contributed by atoms with Crippen LogP contribution in [-0.4, -0.2) is 12.6 Å². The Morgan fingerprint density at radius 2 is 2.00 bits per heavy atom. The van der Waals surface area contributed by atoms with Gasteiger partial charge in [-0.25, -0.2) is 0 Å². The van der Waals surface area contributed by atoms with Crippen molar-refractivity contribution in [3.8, 4) is 0 Å². The van der Waals surface area contributed by atoms with E-state index < -0.39 is 0 Å². The van der Waals surface area contributed by atoms with Crippen LogP contribution in [0, 0.1) is 11.3 Å². The molecule has 1 aliphatic heterocycles. The monoisotopic (exact) mass is 182 g/mol. The molecule has 2 fully saturated rings. The Hall–Kier alpha value is -0.530. The Morgan fingerprint density at radius 3 is 2.62 bits per heavy atom. The van der Waals surface area contributed by atoms with Gasteiger partial charge in [0.1, 0.15) is 0 Å². The first kappa shape index (κ1) is 9.04. The molecule has 2 nitrogen and oxygen atoms in total. The van der Waals surface area contributed by atoms with Crippen molar-refractivity contribution in [2.45, 2.75) is 45.4 Å². The molecule has 2 rings (SSSR count). The van der Waals surface area contributed by atoms with Crippen molar-refractivity contribution in [3.63, 3.8) is 0 Å². The second kappa shape index (κ2) is 3.32. The van der Waals surface area contributed by atoms with Gasteiger partial charge in [-0.05, 0) is 19.3 Å². The molecule has 1 atom stereocenters. The van der Waals surface area contributed by atoms with Gasteiger partial charge in [-0.1, -0.05) is 26.2 Å². The van der Waals surface area contributed by atoms with Crippen LogP contribution in [0.4, 0.5) is 0 Å². The molecule has 2 aliphatic rings. The van der Waals surface area contributed by atoms with Crippen LogP contribution in [0.25, 0.3) is 0 Å². The van der Waals surface area contributed by atoms with Crippen molar-refractivity contribution in [2.75, 3.05) is 6.61 Å². The van der Waals surface area contributed by atoms with Crippen LogP contribution in [0.15, 0.2) is 0 Å². The van der Waals surface area contributed by atoms with E-state index >= 15 is 0 Å². The van der Waals surface area contributed by atoms with Crippen molar-refractivity contribution < 1.29 is 9.53 Å². The summed E-state index contributed by atoms with van der Waals surface area (Å²) in [5, 5.41) is 0. The number of cyclic esters (lactones) is 1. The minimum absolute atomic E-state index is 0.0104. The van der Waals surface area contributed by atoms with Gasteiger partial charge in [0.15, 0.2) is 0 Å². The first-order chi connectivity index (χ1) is 6.22. The average Bonchev–Trinajstić information content (AvgIpc) is 2.14. The third-order valence-electron chi connectivity index (χ3n) is 3.58. The predicted molar refractivity (Wildman–Crippen MR) is 50.3 cm³/mol. The van der Waals surface area contributed by atoms with Gasteiger partial charge in [0.05, 0.1) is 12.5 Å². The van der Waals surface area contributed by atoms with Crippen LogP contribution in [0.2, 0.25) is 0 Å². The minimum atomic E-state index is 0.0104. The van der Waals surface area contributed by atoms with Crippen LogP contribution in [0.3, 0.4) is 0 Å². The van der Waals surface area contributed by atoms with E-state index in [2.05, 4.69) is 0 Å². The Kier molecular flexibility index (Phi) is 2.31. The highest BCUT2D eigenvalue weighted by atomic mass is 16.5. The maximum atomic E-state index is 11.2. The van der Waals surface area contributed by atoms with Crippen LogP contribution in [0.1, 0.15) is 45.4 Å². The van der Waals surface area contributed by atoms with E-state index in [-0.39, 0.29) is 11.9 Å². The number of carbonyl (C=O) groups is 1. The molecule has 0 amide bonds. The van der Waals surface area contributed by atoms with Crippen LogP contribution in [0.5, 0.6) is 0 Å². The maximum Gasteiger partial charge on any atom is 0.308 e. The summed E-state index contributed by atoms with van der Waals surface area (Å²) in [4.78, 5) is 11.2. The lowest BCUT2D eigenvalue weighted by Crippen LogP contribution is -2.39. The van der Waals surface area contributed by atoms with Gasteiger partial charge in [-0.2, -0.15) is 0 Å². The van der Waals surface area contributed by atoms with Gasteiger partial charge in [0.25, 0.3) is 0 Å². The Labute approximate surface area is 79.7 Å². The summed E-state index contributed by atoms with van der Waals surface area (Å²) in [5.74, 6) is 0.142. The van der Waals surface area contributed by atoms with E-state index in [1.54, 1.807) is 0 Å². The quantitative estimate of drug-likeness (QED) is 0.538. The normalized spacial score (nSPS) is 33.0. The molecule has 2 heteroatoms. The minimum Gasteiger partial charge on any atom is -0.465 e. The molecule has 1 saturated heterocycles. The predicted octanol–water partition coefficient (Wildman–Crippen LogP) is 2.52. The summed E-state index contributed by atoms with van der Waals surface area (Å²) < 4.78 is 5.24. The smallest absolute Gasteiger partial charge is 0.308 e. The zero-order valence-electron chi connectivity index (χ0n) is 8.34. The molecule has 0 aromatic carbocycles. The third kappa shape index (κ3) is 1.72. The summed E-state index contributed by atoms with van der Waals surface area (Å²) in [5.41, 5.74) is 0.367. The number of hydrogen-bond donors (Lipinski definition) is 0. The molecule has 13 heavy (non-hydrogen) atoms. The lowest BCUT2D eigenvalue weighted by atomic mass is 9.69. The highest BCUT2D eigenvalue weighted by Gasteiger charge is 2.40. The fraction of sp³-hybridized carbons (Fsp3) is 0.909. The van der Waals surface area contributed by atoms with Crippen molar-refractivity contribution in [2.24, 2.45) is 11.3 Å². The van der Waals surface area contributed by atoms with E-state index in [1.165, 1.54) is 32.1 Å². The molecular weight excluding hydrogens is 164 g/mol. The molecule has 0 bridgehead atoms. The molecule has 0 N–H and O–H groups in total. The molecule has 0 aromatic heterocycles. The van der Waals surface area contributed by atoms with Gasteiger partial charge in [0, 0.05) is 5.41 Å². The number of carbonyl (C=O) groups excluding carboxylic acids is 1. The maximum absolute atomic E-state index is 11.2. The summed E-state index contributed by atoms with van der Waals surface area (Å²) in [6.07, 6.45) is 7.61. The van der Waals surface area contributed by atoms with Gasteiger partial charge >= 0.3 is 5.97 Å². The van der Waals surface area contributed by atoms with E-state index in [0.717, 1.165) is 6.42 Å². The summed E-state index contributed by atoms with van der Waals surface area (Å²) >= 11 is 0. The van der Waals surface area contributed by atoms with Crippen LogP contribution in [-0.2, 0) is 9.53 Å². The zero-order chi connectivity index (χ0) is 9.31. The van der Waals surface area contributed by atoms with E-state index in [9.17, 15) is 4.79 Å². The number of rotatable bonds is 0. The highest BCUT2D eigenvalue weighted by Crippen LogP contribution is 2.44. The third-order valence-corrected chi connectivity index (χ3v) is 3.58. The summed E-state index contributed by atoms with van der Waals surface area (Å²) in [7, 11) is 0. The first-order valence-electron chi connectivity index (χ1n) is 5.39. The largest absolute Gasteiger partial charge is 0.465 e. The average molecular weight is 182 g/mol. The fourth-order valence-corrected chi connectivity index (χ4v) is 2.81. The number of ether oxygens (including phenoxy) is 1.